The van der Waals surface area contributed by atoms with Crippen molar-refractivity contribution in [3.8, 4) is 0 Å². The maximum Gasteiger partial charge on any atom is 0.243 e. The molecule has 0 aliphatic rings. The van der Waals surface area contributed by atoms with Crippen LogP contribution in [0.3, 0.4) is 0 Å². The summed E-state index contributed by atoms with van der Waals surface area (Å²) in [5.74, 6) is 7.17. The van der Waals surface area contributed by atoms with Crippen molar-refractivity contribution in [2.45, 2.75) is 19.8 Å². The summed E-state index contributed by atoms with van der Waals surface area (Å²) in [7, 11) is 3.72. The number of benzene rings is 1. The molecule has 0 radical (unpaired) electrons. The quantitative estimate of drug-likeness (QED) is 0.573. The molecule has 0 aliphatic carbocycles. The minimum absolute atomic E-state index is 0.315. The first kappa shape index (κ1) is 15.0. The monoisotopic (exact) mass is 287 g/mol. The zero-order valence-corrected chi connectivity index (χ0v) is 12.8. The van der Waals surface area contributed by atoms with Gasteiger partial charge < -0.3 is 10.2 Å². The molecule has 7 nitrogen and oxygen atoms in total. The Hall–Kier alpha value is -2.41. The Kier molecular flexibility index (Phi) is 4.54. The Morgan fingerprint density at radius 1 is 1.00 bits per heavy atom. The van der Waals surface area contributed by atoms with Gasteiger partial charge in [0.1, 0.15) is 0 Å². The second-order valence-corrected chi connectivity index (χ2v) is 5.22. The number of anilines is 4. The van der Waals surface area contributed by atoms with E-state index in [1.807, 2.05) is 26.2 Å². The van der Waals surface area contributed by atoms with Crippen molar-refractivity contribution in [3.63, 3.8) is 0 Å². The molecule has 0 spiro atoms. The Morgan fingerprint density at radius 3 is 2.14 bits per heavy atom. The predicted molar refractivity (Wildman–Crippen MR) is 85.8 cm³/mol. The summed E-state index contributed by atoms with van der Waals surface area (Å²) in [6.45, 7) is 4.33. The predicted octanol–water partition coefficient (Wildman–Crippen LogP) is 2.09. The fourth-order valence-corrected chi connectivity index (χ4v) is 1.77. The summed E-state index contributed by atoms with van der Waals surface area (Å²) < 4.78 is 0. The van der Waals surface area contributed by atoms with Crippen LogP contribution < -0.4 is 21.5 Å². The van der Waals surface area contributed by atoms with E-state index in [1.54, 1.807) is 4.90 Å². The second-order valence-electron chi connectivity index (χ2n) is 5.22. The van der Waals surface area contributed by atoms with Crippen molar-refractivity contribution < 1.29 is 0 Å². The van der Waals surface area contributed by atoms with Gasteiger partial charge in [-0.1, -0.05) is 26.0 Å². The first-order valence-electron chi connectivity index (χ1n) is 6.76. The number of hydrogen-bond acceptors (Lipinski definition) is 7. The van der Waals surface area contributed by atoms with Crippen molar-refractivity contribution in [1.29, 1.82) is 0 Å². The van der Waals surface area contributed by atoms with Gasteiger partial charge in [-0.3, -0.25) is 5.43 Å². The van der Waals surface area contributed by atoms with Gasteiger partial charge in [0.25, 0.3) is 0 Å². The van der Waals surface area contributed by atoms with Crippen LogP contribution in [-0.2, 0) is 0 Å². The number of nitrogens with zero attached hydrogens (tertiary/aromatic N) is 4. The maximum atomic E-state index is 5.39. The smallest absolute Gasteiger partial charge is 0.243 e. The van der Waals surface area contributed by atoms with E-state index in [-0.39, 0.29) is 0 Å². The lowest BCUT2D eigenvalue weighted by Gasteiger charge is -2.13. The van der Waals surface area contributed by atoms with Crippen LogP contribution >= 0.6 is 0 Å². The van der Waals surface area contributed by atoms with E-state index in [2.05, 4.69) is 51.7 Å². The molecule has 0 atom stereocenters. The third-order valence-corrected chi connectivity index (χ3v) is 2.99. The lowest BCUT2D eigenvalue weighted by molar-refractivity contribution is 0.867. The van der Waals surface area contributed by atoms with Crippen LogP contribution in [0.4, 0.5) is 23.5 Å². The fraction of sp³-hybridized carbons (Fsp3) is 0.357. The van der Waals surface area contributed by atoms with Gasteiger partial charge in [0.2, 0.25) is 17.8 Å². The minimum Gasteiger partial charge on any atom is -0.347 e. The van der Waals surface area contributed by atoms with Crippen LogP contribution in [0.25, 0.3) is 0 Å². The second kappa shape index (κ2) is 6.36. The third kappa shape index (κ3) is 3.79. The van der Waals surface area contributed by atoms with Gasteiger partial charge in [0, 0.05) is 19.8 Å². The molecule has 112 valence electrons. The molecule has 2 rings (SSSR count). The van der Waals surface area contributed by atoms with Gasteiger partial charge in [-0.15, -0.1) is 0 Å². The van der Waals surface area contributed by atoms with Crippen LogP contribution in [0.1, 0.15) is 25.3 Å². The van der Waals surface area contributed by atoms with Crippen molar-refractivity contribution >= 4 is 23.5 Å². The molecule has 0 saturated carbocycles. The molecule has 1 heterocycles. The lowest BCUT2D eigenvalue weighted by Crippen LogP contribution is -2.18. The van der Waals surface area contributed by atoms with E-state index in [4.69, 9.17) is 5.84 Å². The Morgan fingerprint density at radius 2 is 1.62 bits per heavy atom. The molecule has 1 aromatic heterocycles. The molecule has 1 aromatic carbocycles. The molecular formula is C14H21N7. The molecule has 21 heavy (non-hydrogen) atoms. The molecule has 4 N–H and O–H groups in total. The summed E-state index contributed by atoms with van der Waals surface area (Å²) in [4.78, 5) is 14.5. The number of hydrogen-bond donors (Lipinski definition) is 3. The van der Waals surface area contributed by atoms with Crippen LogP contribution in [-0.4, -0.2) is 29.0 Å². The molecule has 0 saturated heterocycles. The van der Waals surface area contributed by atoms with E-state index in [0.29, 0.717) is 23.8 Å². The maximum absolute atomic E-state index is 5.39. The zero-order valence-electron chi connectivity index (χ0n) is 12.8. The van der Waals surface area contributed by atoms with Crippen LogP contribution in [0.15, 0.2) is 24.3 Å². The molecule has 2 aromatic rings. The highest BCUT2D eigenvalue weighted by Gasteiger charge is 2.08. The van der Waals surface area contributed by atoms with Crippen LogP contribution in [0.2, 0.25) is 0 Å². The van der Waals surface area contributed by atoms with E-state index in [9.17, 15) is 0 Å². The zero-order chi connectivity index (χ0) is 15.4. The van der Waals surface area contributed by atoms with Crippen molar-refractivity contribution in [1.82, 2.24) is 15.0 Å². The number of nitrogens with one attached hydrogen (secondary N) is 2. The molecule has 0 amide bonds. The van der Waals surface area contributed by atoms with E-state index in [0.717, 1.165) is 5.69 Å². The Balaban J connectivity index is 2.24. The standard InChI is InChI=1S/C14H21N7/c1-9(2)10-5-7-11(8-6-10)16-12-17-13(20-15)19-14(18-12)21(3)4/h5-9H,15H2,1-4H3,(H2,16,17,18,19,20). The van der Waals surface area contributed by atoms with E-state index < -0.39 is 0 Å². The average molecular weight is 287 g/mol. The molecule has 0 bridgehead atoms. The highest BCUT2D eigenvalue weighted by Crippen LogP contribution is 2.20. The SMILES string of the molecule is CC(C)c1ccc(Nc2nc(NN)nc(N(C)C)n2)cc1. The summed E-state index contributed by atoms with van der Waals surface area (Å²) in [5, 5.41) is 3.16. The van der Waals surface area contributed by atoms with Crippen molar-refractivity contribution in [2.24, 2.45) is 5.84 Å². The number of nitrogens with two attached hydrogens (primary N) is 1. The van der Waals surface area contributed by atoms with Gasteiger partial charge >= 0.3 is 0 Å². The molecular weight excluding hydrogens is 266 g/mol. The largest absolute Gasteiger partial charge is 0.347 e. The number of nitrogen functional groups attached to an aromatic ring is 1. The van der Waals surface area contributed by atoms with Crippen molar-refractivity contribution in [3.05, 3.63) is 29.8 Å². The van der Waals surface area contributed by atoms with Crippen LogP contribution in [0.5, 0.6) is 0 Å². The molecule has 0 fully saturated rings. The molecule has 0 unspecified atom stereocenters. The normalized spacial score (nSPS) is 10.6. The van der Waals surface area contributed by atoms with Gasteiger partial charge in [-0.25, -0.2) is 5.84 Å². The highest BCUT2D eigenvalue weighted by molar-refractivity contribution is 5.56. The van der Waals surface area contributed by atoms with Gasteiger partial charge in [-0.05, 0) is 23.6 Å². The summed E-state index contributed by atoms with van der Waals surface area (Å²) >= 11 is 0. The van der Waals surface area contributed by atoms with Gasteiger partial charge in [0.05, 0.1) is 0 Å². The molecule has 7 heteroatoms. The van der Waals surface area contributed by atoms with Gasteiger partial charge in [-0.2, -0.15) is 15.0 Å². The summed E-state index contributed by atoms with van der Waals surface area (Å²) in [6.07, 6.45) is 0. The van der Waals surface area contributed by atoms with Gasteiger partial charge in [0.15, 0.2) is 0 Å². The Labute approximate surface area is 124 Å². The first-order chi connectivity index (χ1) is 9.99. The fourth-order valence-electron chi connectivity index (χ4n) is 1.77. The van der Waals surface area contributed by atoms with Crippen LogP contribution in [0, 0.1) is 0 Å². The van der Waals surface area contributed by atoms with E-state index >= 15 is 0 Å². The minimum atomic E-state index is 0.315. The average Bonchev–Trinajstić information content (AvgIpc) is 2.47. The lowest BCUT2D eigenvalue weighted by atomic mass is 10.0. The Bertz CT molecular complexity index is 593. The summed E-state index contributed by atoms with van der Waals surface area (Å²) in [6, 6.07) is 8.18. The third-order valence-electron chi connectivity index (χ3n) is 2.99. The number of aromatic nitrogens is 3. The number of rotatable bonds is 5. The topological polar surface area (TPSA) is 92.0 Å². The number of hydrazine groups is 1. The van der Waals surface area contributed by atoms with Crippen molar-refractivity contribution in [2.75, 3.05) is 29.7 Å². The summed E-state index contributed by atoms with van der Waals surface area (Å²) in [5.41, 5.74) is 4.65. The first-order valence-corrected chi connectivity index (χ1v) is 6.76. The molecule has 0 aliphatic heterocycles. The van der Waals surface area contributed by atoms with E-state index in [1.165, 1.54) is 5.56 Å². The highest BCUT2D eigenvalue weighted by atomic mass is 15.4.